The van der Waals surface area contributed by atoms with E-state index >= 15 is 0 Å². The molecule has 1 heterocycles. The topological polar surface area (TPSA) is 55.8 Å². The summed E-state index contributed by atoms with van der Waals surface area (Å²) in [4.78, 5) is 25.8. The number of nitrogens with zero attached hydrogens (tertiary/aromatic N) is 1. The fourth-order valence-electron chi connectivity index (χ4n) is 2.75. The molecule has 1 saturated carbocycles. The number of ketones is 1. The molecule has 19 heavy (non-hydrogen) atoms. The van der Waals surface area contributed by atoms with Crippen molar-refractivity contribution < 1.29 is 19.1 Å². The van der Waals surface area contributed by atoms with E-state index in [9.17, 15) is 9.59 Å². The van der Waals surface area contributed by atoms with E-state index < -0.39 is 5.60 Å². The molecule has 0 spiro atoms. The molecule has 2 atom stereocenters. The van der Waals surface area contributed by atoms with Gasteiger partial charge < -0.3 is 9.47 Å². The van der Waals surface area contributed by atoms with Gasteiger partial charge in [-0.1, -0.05) is 0 Å². The molecular weight excluding hydrogens is 246 g/mol. The highest BCUT2D eigenvalue weighted by molar-refractivity contribution is 5.84. The van der Waals surface area contributed by atoms with Crippen LogP contribution in [0.4, 0.5) is 4.79 Å². The highest BCUT2D eigenvalue weighted by atomic mass is 16.6. The monoisotopic (exact) mass is 269 g/mol. The first kappa shape index (κ1) is 14.3. The minimum absolute atomic E-state index is 0.0761. The van der Waals surface area contributed by atoms with Gasteiger partial charge in [-0.3, -0.25) is 9.69 Å². The Labute approximate surface area is 114 Å². The highest BCUT2D eigenvalue weighted by Gasteiger charge is 2.40. The van der Waals surface area contributed by atoms with E-state index in [4.69, 9.17) is 9.47 Å². The predicted octanol–water partition coefficient (Wildman–Crippen LogP) is 1.99. The lowest BCUT2D eigenvalue weighted by atomic mass is 9.95. The van der Waals surface area contributed by atoms with Crippen molar-refractivity contribution >= 4 is 11.9 Å². The molecule has 108 valence electrons. The van der Waals surface area contributed by atoms with Crippen LogP contribution < -0.4 is 0 Å². The molecule has 0 bridgehead atoms. The molecule has 0 unspecified atom stereocenters. The van der Waals surface area contributed by atoms with E-state index in [0.717, 1.165) is 12.8 Å². The van der Waals surface area contributed by atoms with Gasteiger partial charge in [0.15, 0.2) is 0 Å². The van der Waals surface area contributed by atoms with E-state index in [0.29, 0.717) is 26.2 Å². The van der Waals surface area contributed by atoms with E-state index in [1.165, 1.54) is 0 Å². The molecule has 5 nitrogen and oxygen atoms in total. The number of carbonyl (C=O) groups is 2. The minimum atomic E-state index is -0.514. The standard InChI is InChI=1S/C14H23NO4/c1-14(2,3)19-13(17)15-7-8-18-9-11(15)10-5-4-6-12(10)16/h10-11H,4-9H2,1-3H3/t10-,11-/m1/s1. The van der Waals surface area contributed by atoms with E-state index in [2.05, 4.69) is 0 Å². The molecule has 2 fully saturated rings. The summed E-state index contributed by atoms with van der Waals surface area (Å²) < 4.78 is 10.9. The molecule has 1 aliphatic heterocycles. The average molecular weight is 269 g/mol. The number of rotatable bonds is 1. The van der Waals surface area contributed by atoms with Gasteiger partial charge >= 0.3 is 6.09 Å². The normalized spacial score (nSPS) is 28.6. The van der Waals surface area contributed by atoms with Gasteiger partial charge in [0, 0.05) is 18.9 Å². The summed E-state index contributed by atoms with van der Waals surface area (Å²) in [5.41, 5.74) is -0.514. The second-order valence-corrected chi connectivity index (χ2v) is 6.28. The lowest BCUT2D eigenvalue weighted by Crippen LogP contribution is -2.54. The maximum absolute atomic E-state index is 12.2. The van der Waals surface area contributed by atoms with Crippen LogP contribution in [0.3, 0.4) is 0 Å². The summed E-state index contributed by atoms with van der Waals surface area (Å²) in [6, 6.07) is -0.154. The number of amides is 1. The van der Waals surface area contributed by atoms with Gasteiger partial charge in [0.2, 0.25) is 0 Å². The first-order valence-electron chi connectivity index (χ1n) is 6.98. The summed E-state index contributed by atoms with van der Waals surface area (Å²) in [6.07, 6.45) is 2.07. The lowest BCUT2D eigenvalue weighted by Gasteiger charge is -2.39. The third kappa shape index (κ3) is 3.47. The van der Waals surface area contributed by atoms with Crippen LogP contribution in [0.15, 0.2) is 0 Å². The maximum atomic E-state index is 12.2. The summed E-state index contributed by atoms with van der Waals surface area (Å²) in [5, 5.41) is 0. The van der Waals surface area contributed by atoms with Crippen molar-refractivity contribution in [3.05, 3.63) is 0 Å². The number of hydrogen-bond acceptors (Lipinski definition) is 4. The molecule has 0 radical (unpaired) electrons. The molecule has 1 aliphatic carbocycles. The van der Waals surface area contributed by atoms with Gasteiger partial charge in [0.05, 0.1) is 19.3 Å². The van der Waals surface area contributed by atoms with Gasteiger partial charge in [-0.05, 0) is 33.6 Å². The molecule has 2 aliphatic rings. The quantitative estimate of drug-likeness (QED) is 0.730. The zero-order chi connectivity index (χ0) is 14.0. The number of morpholine rings is 1. The molecule has 1 saturated heterocycles. The van der Waals surface area contributed by atoms with E-state index in [1.807, 2.05) is 20.8 Å². The van der Waals surface area contributed by atoms with Crippen molar-refractivity contribution in [2.24, 2.45) is 5.92 Å². The zero-order valence-electron chi connectivity index (χ0n) is 12.0. The highest BCUT2D eigenvalue weighted by Crippen LogP contribution is 2.29. The third-order valence-electron chi connectivity index (χ3n) is 3.61. The van der Waals surface area contributed by atoms with Crippen LogP contribution in [-0.4, -0.2) is 48.2 Å². The van der Waals surface area contributed by atoms with Crippen LogP contribution in [0.2, 0.25) is 0 Å². The van der Waals surface area contributed by atoms with E-state index in [1.54, 1.807) is 4.90 Å². The largest absolute Gasteiger partial charge is 0.444 e. The number of ether oxygens (including phenoxy) is 2. The molecule has 2 rings (SSSR count). The predicted molar refractivity (Wildman–Crippen MR) is 69.9 cm³/mol. The second kappa shape index (κ2) is 5.49. The molecule has 1 amide bonds. The number of Topliss-reactive ketones (excluding diaryl/α,β-unsaturated/α-hetero) is 1. The van der Waals surface area contributed by atoms with Gasteiger partial charge in [0.1, 0.15) is 11.4 Å². The van der Waals surface area contributed by atoms with Gasteiger partial charge in [-0.25, -0.2) is 4.79 Å². The Bertz CT molecular complexity index is 361. The Kier molecular flexibility index (Phi) is 4.13. The van der Waals surface area contributed by atoms with Crippen molar-refractivity contribution in [1.82, 2.24) is 4.90 Å². The van der Waals surface area contributed by atoms with Crippen molar-refractivity contribution in [2.45, 2.75) is 51.7 Å². The smallest absolute Gasteiger partial charge is 0.410 e. The molecular formula is C14H23NO4. The fraction of sp³-hybridized carbons (Fsp3) is 0.857. The average Bonchev–Trinajstić information content (AvgIpc) is 2.73. The Morgan fingerprint density at radius 2 is 2.16 bits per heavy atom. The Morgan fingerprint density at radius 1 is 1.42 bits per heavy atom. The fourth-order valence-corrected chi connectivity index (χ4v) is 2.75. The molecule has 5 heteroatoms. The maximum Gasteiger partial charge on any atom is 0.410 e. The SMILES string of the molecule is CC(C)(C)OC(=O)N1CCOC[C@@H]1[C@H]1CCCC1=O. The number of hydrogen-bond donors (Lipinski definition) is 0. The van der Waals surface area contributed by atoms with Crippen molar-refractivity contribution in [2.75, 3.05) is 19.8 Å². The van der Waals surface area contributed by atoms with Crippen molar-refractivity contribution in [3.8, 4) is 0 Å². The summed E-state index contributed by atoms with van der Waals surface area (Å²) in [6.45, 7) is 7.00. The molecule has 0 aromatic carbocycles. The molecule has 0 aromatic heterocycles. The van der Waals surface area contributed by atoms with Crippen molar-refractivity contribution in [3.63, 3.8) is 0 Å². The van der Waals surface area contributed by atoms with Crippen LogP contribution in [0, 0.1) is 5.92 Å². The lowest BCUT2D eigenvalue weighted by molar-refractivity contribution is -0.125. The number of carbonyl (C=O) groups excluding carboxylic acids is 2. The molecule has 0 N–H and O–H groups in total. The summed E-state index contributed by atoms with van der Waals surface area (Å²) in [5.74, 6) is 0.178. The summed E-state index contributed by atoms with van der Waals surface area (Å²) in [7, 11) is 0. The Morgan fingerprint density at radius 3 is 2.74 bits per heavy atom. The van der Waals surface area contributed by atoms with Crippen LogP contribution in [0.1, 0.15) is 40.0 Å². The van der Waals surface area contributed by atoms with Gasteiger partial charge in [-0.2, -0.15) is 0 Å². The van der Waals surface area contributed by atoms with E-state index in [-0.39, 0.29) is 23.8 Å². The van der Waals surface area contributed by atoms with Gasteiger partial charge in [0.25, 0.3) is 0 Å². The third-order valence-corrected chi connectivity index (χ3v) is 3.61. The Hall–Kier alpha value is -1.10. The van der Waals surface area contributed by atoms with Crippen LogP contribution in [0.25, 0.3) is 0 Å². The van der Waals surface area contributed by atoms with Crippen molar-refractivity contribution in [1.29, 1.82) is 0 Å². The first-order chi connectivity index (χ1) is 8.88. The Balaban J connectivity index is 2.07. The first-order valence-corrected chi connectivity index (χ1v) is 6.98. The summed E-state index contributed by atoms with van der Waals surface area (Å²) >= 11 is 0. The van der Waals surface area contributed by atoms with Crippen LogP contribution in [-0.2, 0) is 14.3 Å². The second-order valence-electron chi connectivity index (χ2n) is 6.28. The minimum Gasteiger partial charge on any atom is -0.444 e. The van der Waals surface area contributed by atoms with Gasteiger partial charge in [-0.15, -0.1) is 0 Å². The van der Waals surface area contributed by atoms with Crippen LogP contribution in [0.5, 0.6) is 0 Å². The molecule has 0 aromatic rings. The zero-order valence-corrected chi connectivity index (χ0v) is 12.0. The van der Waals surface area contributed by atoms with Crippen LogP contribution >= 0.6 is 0 Å².